The molecule has 0 aliphatic carbocycles. The first-order valence-electron chi connectivity index (χ1n) is 8.59. The molecule has 1 aliphatic rings. The molecule has 0 unspecified atom stereocenters. The van der Waals surface area contributed by atoms with Gasteiger partial charge in [-0.1, -0.05) is 11.6 Å². The summed E-state index contributed by atoms with van der Waals surface area (Å²) in [5.41, 5.74) is 1.86. The van der Waals surface area contributed by atoms with Crippen molar-refractivity contribution < 1.29 is 19.1 Å². The zero-order chi connectivity index (χ0) is 19.4. The normalized spacial score (nSPS) is 14.0. The third-order valence-corrected chi connectivity index (χ3v) is 4.93. The molecule has 2 aromatic rings. The molecular formula is C20H21ClN2O4. The number of ether oxygens (including phenoxy) is 2. The van der Waals surface area contributed by atoms with Crippen LogP contribution in [0.2, 0.25) is 5.02 Å². The number of anilines is 1. The maximum atomic E-state index is 12.7. The van der Waals surface area contributed by atoms with Gasteiger partial charge < -0.3 is 19.3 Å². The van der Waals surface area contributed by atoms with E-state index in [1.54, 1.807) is 49.6 Å². The van der Waals surface area contributed by atoms with E-state index in [9.17, 15) is 9.59 Å². The lowest BCUT2D eigenvalue weighted by molar-refractivity contribution is 0.0600. The third kappa shape index (κ3) is 4.17. The molecule has 0 aromatic heterocycles. The molecule has 1 fully saturated rings. The molecular weight excluding hydrogens is 368 g/mol. The topological polar surface area (TPSA) is 59.1 Å². The van der Waals surface area contributed by atoms with Gasteiger partial charge in [0.15, 0.2) is 0 Å². The lowest BCUT2D eigenvalue weighted by Gasteiger charge is -2.36. The van der Waals surface area contributed by atoms with E-state index in [0.29, 0.717) is 42.3 Å². The van der Waals surface area contributed by atoms with Gasteiger partial charge in [0, 0.05) is 31.7 Å². The average molecular weight is 389 g/mol. The Labute approximate surface area is 163 Å². The Morgan fingerprint density at radius 3 is 2.15 bits per heavy atom. The number of carbonyl (C=O) groups excluding carboxylic acids is 2. The average Bonchev–Trinajstić information content (AvgIpc) is 2.73. The van der Waals surface area contributed by atoms with Crippen LogP contribution in [-0.4, -0.2) is 57.2 Å². The summed E-state index contributed by atoms with van der Waals surface area (Å²) in [5, 5.41) is 0.567. The van der Waals surface area contributed by atoms with Gasteiger partial charge in [0.25, 0.3) is 5.91 Å². The second-order valence-electron chi connectivity index (χ2n) is 6.17. The highest BCUT2D eigenvalue weighted by atomic mass is 35.5. The standard InChI is InChI=1S/C20H21ClN2O4/c1-26-16-6-3-14(4-7-16)19(24)23-11-9-22(10-12-23)18-13-15(20(25)27-2)5-8-17(18)21/h3-8,13H,9-12H2,1-2H3. The van der Waals surface area contributed by atoms with E-state index in [0.717, 1.165) is 11.4 Å². The first kappa shape index (κ1) is 19.0. The highest BCUT2D eigenvalue weighted by Crippen LogP contribution is 2.28. The highest BCUT2D eigenvalue weighted by Gasteiger charge is 2.24. The van der Waals surface area contributed by atoms with Gasteiger partial charge >= 0.3 is 5.97 Å². The number of piperazine rings is 1. The quantitative estimate of drug-likeness (QED) is 0.753. The van der Waals surface area contributed by atoms with Crippen molar-refractivity contribution in [2.24, 2.45) is 0 Å². The molecule has 2 aromatic carbocycles. The van der Waals surface area contributed by atoms with Gasteiger partial charge in [-0.25, -0.2) is 4.79 Å². The number of halogens is 1. The molecule has 1 amide bonds. The van der Waals surface area contributed by atoms with Crippen LogP contribution >= 0.6 is 11.6 Å². The first-order valence-corrected chi connectivity index (χ1v) is 8.97. The smallest absolute Gasteiger partial charge is 0.337 e. The number of benzene rings is 2. The van der Waals surface area contributed by atoms with Crippen LogP contribution in [0.25, 0.3) is 0 Å². The summed E-state index contributed by atoms with van der Waals surface area (Å²) in [6, 6.07) is 12.2. The molecule has 142 valence electrons. The molecule has 0 saturated carbocycles. The number of rotatable bonds is 4. The minimum atomic E-state index is -0.402. The van der Waals surface area contributed by atoms with Crippen LogP contribution in [0.4, 0.5) is 5.69 Å². The van der Waals surface area contributed by atoms with Gasteiger partial charge in [0.05, 0.1) is 30.5 Å². The third-order valence-electron chi connectivity index (χ3n) is 4.61. The Balaban J connectivity index is 1.68. The minimum absolute atomic E-state index is 0.00767. The number of amides is 1. The number of methoxy groups -OCH3 is 2. The summed E-state index contributed by atoms with van der Waals surface area (Å²) in [5.74, 6) is 0.310. The van der Waals surface area contributed by atoms with Gasteiger partial charge in [-0.15, -0.1) is 0 Å². The number of hydrogen-bond acceptors (Lipinski definition) is 5. The number of hydrogen-bond donors (Lipinski definition) is 0. The highest BCUT2D eigenvalue weighted by molar-refractivity contribution is 6.33. The van der Waals surface area contributed by atoms with Crippen molar-refractivity contribution in [1.29, 1.82) is 0 Å². The summed E-state index contributed by atoms with van der Waals surface area (Å²) < 4.78 is 9.90. The fourth-order valence-corrected chi connectivity index (χ4v) is 3.30. The van der Waals surface area contributed by atoms with Gasteiger partial charge in [-0.3, -0.25) is 4.79 Å². The fourth-order valence-electron chi connectivity index (χ4n) is 3.07. The predicted molar refractivity (Wildman–Crippen MR) is 104 cm³/mol. The minimum Gasteiger partial charge on any atom is -0.497 e. The summed E-state index contributed by atoms with van der Waals surface area (Å²) in [6.07, 6.45) is 0. The zero-order valence-corrected chi connectivity index (χ0v) is 16.0. The molecule has 1 saturated heterocycles. The largest absolute Gasteiger partial charge is 0.497 e. The molecule has 0 spiro atoms. The van der Waals surface area contributed by atoms with Gasteiger partial charge in [0.1, 0.15) is 5.75 Å². The monoisotopic (exact) mass is 388 g/mol. The maximum Gasteiger partial charge on any atom is 0.337 e. The lowest BCUT2D eigenvalue weighted by atomic mass is 10.1. The summed E-state index contributed by atoms with van der Waals surface area (Å²) >= 11 is 6.31. The van der Waals surface area contributed by atoms with E-state index >= 15 is 0 Å². The van der Waals surface area contributed by atoms with Gasteiger partial charge in [-0.2, -0.15) is 0 Å². The van der Waals surface area contributed by atoms with E-state index in [4.69, 9.17) is 21.1 Å². The van der Waals surface area contributed by atoms with Gasteiger partial charge in [0.2, 0.25) is 0 Å². The molecule has 1 heterocycles. The van der Waals surface area contributed by atoms with Crippen molar-refractivity contribution in [1.82, 2.24) is 4.90 Å². The van der Waals surface area contributed by atoms with E-state index in [2.05, 4.69) is 4.90 Å². The second-order valence-corrected chi connectivity index (χ2v) is 6.57. The molecule has 0 bridgehead atoms. The van der Waals surface area contributed by atoms with Crippen LogP contribution in [0.5, 0.6) is 5.75 Å². The van der Waals surface area contributed by atoms with E-state index in [1.165, 1.54) is 7.11 Å². The van der Waals surface area contributed by atoms with Crippen LogP contribution < -0.4 is 9.64 Å². The summed E-state index contributed by atoms with van der Waals surface area (Å²) in [6.45, 7) is 2.41. The number of nitrogens with zero attached hydrogens (tertiary/aromatic N) is 2. The van der Waals surface area contributed by atoms with E-state index < -0.39 is 5.97 Å². The van der Waals surface area contributed by atoms with Crippen molar-refractivity contribution >= 4 is 29.2 Å². The molecule has 6 nitrogen and oxygen atoms in total. The fraction of sp³-hybridized carbons (Fsp3) is 0.300. The number of carbonyl (C=O) groups is 2. The molecule has 27 heavy (non-hydrogen) atoms. The SMILES string of the molecule is COC(=O)c1ccc(Cl)c(N2CCN(C(=O)c3ccc(OC)cc3)CC2)c1. The first-order chi connectivity index (χ1) is 13.0. The van der Waals surface area contributed by atoms with Crippen LogP contribution in [-0.2, 0) is 4.74 Å². The molecule has 0 atom stereocenters. The van der Waals surface area contributed by atoms with Crippen molar-refractivity contribution in [2.45, 2.75) is 0 Å². The zero-order valence-electron chi connectivity index (χ0n) is 15.3. The molecule has 7 heteroatoms. The van der Waals surface area contributed by atoms with Crippen molar-refractivity contribution in [2.75, 3.05) is 45.3 Å². The van der Waals surface area contributed by atoms with Crippen LogP contribution in [0, 0.1) is 0 Å². The Morgan fingerprint density at radius 2 is 1.56 bits per heavy atom. The van der Waals surface area contributed by atoms with Crippen molar-refractivity contribution in [3.05, 3.63) is 58.6 Å². The van der Waals surface area contributed by atoms with Crippen molar-refractivity contribution in [3.8, 4) is 5.75 Å². The Morgan fingerprint density at radius 1 is 0.926 bits per heavy atom. The van der Waals surface area contributed by atoms with Crippen LogP contribution in [0.1, 0.15) is 20.7 Å². The van der Waals surface area contributed by atoms with Crippen LogP contribution in [0.3, 0.4) is 0 Å². The Hall–Kier alpha value is -2.73. The second kappa shape index (κ2) is 8.31. The van der Waals surface area contributed by atoms with E-state index in [-0.39, 0.29) is 5.91 Å². The Kier molecular flexibility index (Phi) is 5.86. The van der Waals surface area contributed by atoms with Gasteiger partial charge in [-0.05, 0) is 42.5 Å². The number of esters is 1. The molecule has 1 aliphatic heterocycles. The molecule has 3 rings (SSSR count). The maximum absolute atomic E-state index is 12.7. The summed E-state index contributed by atoms with van der Waals surface area (Å²) in [7, 11) is 2.94. The predicted octanol–water partition coefficient (Wildman–Crippen LogP) is 3.10. The Bertz CT molecular complexity index is 830. The van der Waals surface area contributed by atoms with E-state index in [1.807, 2.05) is 4.90 Å². The van der Waals surface area contributed by atoms with Crippen molar-refractivity contribution in [3.63, 3.8) is 0 Å². The lowest BCUT2D eigenvalue weighted by Crippen LogP contribution is -2.48. The van der Waals surface area contributed by atoms with Crippen LogP contribution in [0.15, 0.2) is 42.5 Å². The summed E-state index contributed by atoms with van der Waals surface area (Å²) in [4.78, 5) is 28.3. The molecule has 0 N–H and O–H groups in total. The molecule has 0 radical (unpaired) electrons.